The van der Waals surface area contributed by atoms with Gasteiger partial charge in [0.2, 0.25) is 0 Å². The second kappa shape index (κ2) is 4.70. The minimum absolute atomic E-state index is 0.659. The summed E-state index contributed by atoms with van der Waals surface area (Å²) in [5.41, 5.74) is 0.659. The average molecular weight is 166 g/mol. The Labute approximate surface area is 72.4 Å². The van der Waals surface area contributed by atoms with Crippen LogP contribution in [0, 0.1) is 0 Å². The van der Waals surface area contributed by atoms with Gasteiger partial charge < -0.3 is 0 Å². The summed E-state index contributed by atoms with van der Waals surface area (Å²) in [4.78, 5) is 10.3. The molecule has 0 aromatic carbocycles. The molecule has 0 saturated heterocycles. The Kier molecular flexibility index (Phi) is 3.51. The Balaban J connectivity index is 2.36. The van der Waals surface area contributed by atoms with E-state index in [2.05, 4.69) is 12.0 Å². The molecule has 0 fully saturated rings. The van der Waals surface area contributed by atoms with E-state index in [-0.39, 0.29) is 0 Å². The van der Waals surface area contributed by atoms with Crippen molar-refractivity contribution in [3.05, 3.63) is 18.0 Å². The number of aromatic nitrogens is 2. The van der Waals surface area contributed by atoms with Crippen LogP contribution in [0.1, 0.15) is 36.5 Å². The molecule has 0 unspecified atom stereocenters. The van der Waals surface area contributed by atoms with E-state index >= 15 is 0 Å². The van der Waals surface area contributed by atoms with Crippen molar-refractivity contribution in [2.24, 2.45) is 0 Å². The lowest BCUT2D eigenvalue weighted by Gasteiger charge is -1.98. The zero-order valence-corrected chi connectivity index (χ0v) is 7.36. The summed E-state index contributed by atoms with van der Waals surface area (Å²) in [6.45, 7) is 3.08. The molecule has 1 aromatic heterocycles. The van der Waals surface area contributed by atoms with Crippen molar-refractivity contribution in [2.45, 2.75) is 32.7 Å². The van der Waals surface area contributed by atoms with Crippen molar-refractivity contribution in [3.8, 4) is 0 Å². The third-order valence-corrected chi connectivity index (χ3v) is 1.78. The minimum Gasteiger partial charge on any atom is -0.298 e. The van der Waals surface area contributed by atoms with Crippen LogP contribution in [0.3, 0.4) is 0 Å². The molecule has 3 nitrogen and oxygen atoms in total. The fourth-order valence-corrected chi connectivity index (χ4v) is 1.09. The Morgan fingerprint density at radius 1 is 1.58 bits per heavy atom. The van der Waals surface area contributed by atoms with Crippen molar-refractivity contribution in [1.29, 1.82) is 0 Å². The van der Waals surface area contributed by atoms with Gasteiger partial charge in [0.05, 0.1) is 11.8 Å². The highest BCUT2D eigenvalue weighted by molar-refractivity contribution is 5.73. The Hall–Kier alpha value is -1.12. The van der Waals surface area contributed by atoms with E-state index < -0.39 is 0 Å². The molecule has 0 aliphatic rings. The first-order valence-electron chi connectivity index (χ1n) is 4.34. The van der Waals surface area contributed by atoms with E-state index in [4.69, 9.17) is 0 Å². The van der Waals surface area contributed by atoms with Crippen LogP contribution in [0.15, 0.2) is 12.4 Å². The first kappa shape index (κ1) is 8.97. The van der Waals surface area contributed by atoms with Crippen molar-refractivity contribution in [3.63, 3.8) is 0 Å². The molecule has 0 atom stereocenters. The van der Waals surface area contributed by atoms with Gasteiger partial charge >= 0.3 is 0 Å². The summed E-state index contributed by atoms with van der Waals surface area (Å²) in [6.07, 6.45) is 7.76. The Morgan fingerprint density at radius 3 is 3.00 bits per heavy atom. The molecule has 1 aromatic rings. The molecular weight excluding hydrogens is 152 g/mol. The van der Waals surface area contributed by atoms with Gasteiger partial charge in [-0.1, -0.05) is 19.8 Å². The highest BCUT2D eigenvalue weighted by Gasteiger charge is 1.95. The standard InChI is InChI=1S/C9H14N2O/c1-2-3-4-5-11-7-9(8-12)6-10-11/h6-8H,2-5H2,1H3. The summed E-state index contributed by atoms with van der Waals surface area (Å²) in [7, 11) is 0. The van der Waals surface area contributed by atoms with Crippen LogP contribution in [0.5, 0.6) is 0 Å². The van der Waals surface area contributed by atoms with Gasteiger partial charge in [0.1, 0.15) is 0 Å². The fourth-order valence-electron chi connectivity index (χ4n) is 1.09. The number of hydrogen-bond acceptors (Lipinski definition) is 2. The van der Waals surface area contributed by atoms with Crippen molar-refractivity contribution >= 4 is 6.29 Å². The average Bonchev–Trinajstić information content (AvgIpc) is 2.53. The first-order valence-corrected chi connectivity index (χ1v) is 4.34. The quantitative estimate of drug-likeness (QED) is 0.494. The number of hydrogen-bond donors (Lipinski definition) is 0. The van der Waals surface area contributed by atoms with Crippen LogP contribution in [-0.2, 0) is 6.54 Å². The maximum atomic E-state index is 10.3. The number of rotatable bonds is 5. The zero-order chi connectivity index (χ0) is 8.81. The summed E-state index contributed by atoms with van der Waals surface area (Å²) >= 11 is 0. The van der Waals surface area contributed by atoms with Gasteiger partial charge in [-0.2, -0.15) is 5.10 Å². The van der Waals surface area contributed by atoms with Crippen LogP contribution < -0.4 is 0 Å². The summed E-state index contributed by atoms with van der Waals surface area (Å²) in [5.74, 6) is 0. The van der Waals surface area contributed by atoms with Crippen LogP contribution >= 0.6 is 0 Å². The smallest absolute Gasteiger partial charge is 0.153 e. The maximum absolute atomic E-state index is 10.3. The van der Waals surface area contributed by atoms with Crippen LogP contribution in [0.25, 0.3) is 0 Å². The van der Waals surface area contributed by atoms with Gasteiger partial charge in [0.25, 0.3) is 0 Å². The number of unbranched alkanes of at least 4 members (excludes halogenated alkanes) is 2. The molecule has 0 amide bonds. The second-order valence-corrected chi connectivity index (χ2v) is 2.86. The summed E-state index contributed by atoms with van der Waals surface area (Å²) in [6, 6.07) is 0. The third-order valence-electron chi connectivity index (χ3n) is 1.78. The predicted octanol–water partition coefficient (Wildman–Crippen LogP) is 1.89. The number of aryl methyl sites for hydroxylation is 1. The van der Waals surface area contributed by atoms with E-state index in [0.29, 0.717) is 5.56 Å². The summed E-state index contributed by atoms with van der Waals surface area (Å²) in [5, 5.41) is 4.04. The predicted molar refractivity (Wildman–Crippen MR) is 47.1 cm³/mol. The van der Waals surface area contributed by atoms with Crippen molar-refractivity contribution in [1.82, 2.24) is 9.78 Å². The van der Waals surface area contributed by atoms with Gasteiger partial charge in [-0.05, 0) is 6.42 Å². The van der Waals surface area contributed by atoms with Gasteiger partial charge in [0, 0.05) is 12.7 Å². The Morgan fingerprint density at radius 2 is 2.42 bits per heavy atom. The van der Waals surface area contributed by atoms with Gasteiger partial charge in [-0.15, -0.1) is 0 Å². The molecule has 0 radical (unpaired) electrons. The molecular formula is C9H14N2O. The van der Waals surface area contributed by atoms with E-state index in [1.165, 1.54) is 12.8 Å². The topological polar surface area (TPSA) is 34.9 Å². The molecule has 0 saturated carbocycles. The second-order valence-electron chi connectivity index (χ2n) is 2.86. The van der Waals surface area contributed by atoms with E-state index in [0.717, 1.165) is 19.3 Å². The molecule has 66 valence electrons. The van der Waals surface area contributed by atoms with Crippen LogP contribution in [0.2, 0.25) is 0 Å². The lowest BCUT2D eigenvalue weighted by atomic mass is 10.2. The maximum Gasteiger partial charge on any atom is 0.153 e. The van der Waals surface area contributed by atoms with Crippen molar-refractivity contribution in [2.75, 3.05) is 0 Å². The molecule has 0 N–H and O–H groups in total. The number of nitrogens with zero attached hydrogens (tertiary/aromatic N) is 2. The van der Waals surface area contributed by atoms with Gasteiger partial charge in [-0.3, -0.25) is 9.48 Å². The first-order chi connectivity index (χ1) is 5.86. The fraction of sp³-hybridized carbons (Fsp3) is 0.556. The molecule has 1 heterocycles. The zero-order valence-electron chi connectivity index (χ0n) is 7.36. The molecule has 0 spiro atoms. The largest absolute Gasteiger partial charge is 0.298 e. The van der Waals surface area contributed by atoms with Crippen LogP contribution in [0.4, 0.5) is 0 Å². The molecule has 3 heteroatoms. The third kappa shape index (κ3) is 2.49. The minimum atomic E-state index is 0.659. The number of carbonyl (C=O) groups excluding carboxylic acids is 1. The normalized spacial score (nSPS) is 10.1. The summed E-state index contributed by atoms with van der Waals surface area (Å²) < 4.78 is 1.82. The Bertz CT molecular complexity index is 242. The van der Waals surface area contributed by atoms with Gasteiger partial charge in [0.15, 0.2) is 6.29 Å². The molecule has 0 aliphatic carbocycles. The van der Waals surface area contributed by atoms with E-state index in [1.54, 1.807) is 12.4 Å². The van der Waals surface area contributed by atoms with Crippen LogP contribution in [-0.4, -0.2) is 16.1 Å². The van der Waals surface area contributed by atoms with E-state index in [1.807, 2.05) is 4.68 Å². The van der Waals surface area contributed by atoms with Crippen molar-refractivity contribution < 1.29 is 4.79 Å². The SMILES string of the molecule is CCCCCn1cc(C=O)cn1. The number of aldehydes is 1. The molecule has 1 rings (SSSR count). The highest BCUT2D eigenvalue weighted by Crippen LogP contribution is 1.99. The van der Waals surface area contributed by atoms with E-state index in [9.17, 15) is 4.79 Å². The lowest BCUT2D eigenvalue weighted by molar-refractivity contribution is 0.112. The highest BCUT2D eigenvalue weighted by atomic mass is 16.1. The molecule has 0 aliphatic heterocycles. The monoisotopic (exact) mass is 166 g/mol. The van der Waals surface area contributed by atoms with Gasteiger partial charge in [-0.25, -0.2) is 0 Å². The number of carbonyl (C=O) groups is 1. The molecule has 12 heavy (non-hydrogen) atoms. The molecule has 0 bridgehead atoms. The lowest BCUT2D eigenvalue weighted by Crippen LogP contribution is -1.97.